The number of piperidine rings is 1. The van der Waals surface area contributed by atoms with E-state index in [1.165, 1.54) is 0 Å². The molecule has 1 aromatic heterocycles. The second-order valence-electron chi connectivity index (χ2n) is 5.60. The zero-order valence-corrected chi connectivity index (χ0v) is 13.0. The van der Waals surface area contributed by atoms with Gasteiger partial charge < -0.3 is 16.0 Å². The number of hydrogen-bond donors (Lipinski definition) is 2. The molecule has 1 aliphatic rings. The SMILES string of the molecule is CC1CCN(C(N)=NCCNc2nccc(C(F)(F)F)n2)CC1. The van der Waals surface area contributed by atoms with Crippen molar-refractivity contribution in [3.05, 3.63) is 18.0 Å². The highest BCUT2D eigenvalue weighted by Gasteiger charge is 2.32. The van der Waals surface area contributed by atoms with Gasteiger partial charge in [-0.15, -0.1) is 0 Å². The van der Waals surface area contributed by atoms with Crippen molar-refractivity contribution in [2.75, 3.05) is 31.5 Å². The quantitative estimate of drug-likeness (QED) is 0.501. The highest BCUT2D eigenvalue weighted by molar-refractivity contribution is 5.78. The van der Waals surface area contributed by atoms with Crippen LogP contribution in [0.5, 0.6) is 0 Å². The number of guanidine groups is 1. The minimum absolute atomic E-state index is 0.0691. The van der Waals surface area contributed by atoms with Gasteiger partial charge in [-0.2, -0.15) is 13.2 Å². The number of halogens is 3. The molecule has 3 N–H and O–H groups in total. The summed E-state index contributed by atoms with van der Waals surface area (Å²) < 4.78 is 37.6. The third-order valence-electron chi connectivity index (χ3n) is 3.72. The van der Waals surface area contributed by atoms with E-state index in [-0.39, 0.29) is 5.95 Å². The number of rotatable bonds is 4. The third kappa shape index (κ3) is 5.26. The number of alkyl halides is 3. The standard InChI is InChI=1S/C14H21F3N6/c1-10-3-8-23(9-4-10)12(18)19-6-7-21-13-20-5-2-11(22-13)14(15,16)17/h2,5,10H,3-4,6-9H2,1H3,(H2,18,19)(H,20,21,22). The maximum absolute atomic E-state index is 12.5. The third-order valence-corrected chi connectivity index (χ3v) is 3.72. The van der Waals surface area contributed by atoms with Crippen molar-refractivity contribution in [3.63, 3.8) is 0 Å². The molecule has 2 heterocycles. The van der Waals surface area contributed by atoms with Gasteiger partial charge in [-0.3, -0.25) is 4.99 Å². The second-order valence-corrected chi connectivity index (χ2v) is 5.60. The Bertz CT molecular complexity index is 538. The van der Waals surface area contributed by atoms with Crippen LogP contribution in [0.1, 0.15) is 25.5 Å². The zero-order valence-electron chi connectivity index (χ0n) is 13.0. The Balaban J connectivity index is 1.80. The fourth-order valence-corrected chi connectivity index (χ4v) is 2.28. The summed E-state index contributed by atoms with van der Waals surface area (Å²) in [6.45, 7) is 4.65. The molecule has 0 spiro atoms. The Hall–Kier alpha value is -2.06. The Labute approximate surface area is 133 Å². The molecule has 128 valence electrons. The fourth-order valence-electron chi connectivity index (χ4n) is 2.28. The minimum atomic E-state index is -4.48. The van der Waals surface area contributed by atoms with Crippen LogP contribution in [0.4, 0.5) is 19.1 Å². The first-order valence-electron chi connectivity index (χ1n) is 7.55. The van der Waals surface area contributed by atoms with Gasteiger partial charge in [0.15, 0.2) is 5.96 Å². The Morgan fingerprint density at radius 2 is 2.13 bits per heavy atom. The van der Waals surface area contributed by atoms with Gasteiger partial charge in [0.1, 0.15) is 5.69 Å². The maximum Gasteiger partial charge on any atom is 0.433 e. The lowest BCUT2D eigenvalue weighted by molar-refractivity contribution is -0.141. The van der Waals surface area contributed by atoms with E-state index in [4.69, 9.17) is 5.73 Å². The summed E-state index contributed by atoms with van der Waals surface area (Å²) in [4.78, 5) is 13.4. The summed E-state index contributed by atoms with van der Waals surface area (Å²) in [5.74, 6) is 1.11. The Kier molecular flexibility index (Phi) is 5.62. The number of likely N-dealkylation sites (tertiary alicyclic amines) is 1. The fraction of sp³-hybridized carbons (Fsp3) is 0.643. The summed E-state index contributed by atoms with van der Waals surface area (Å²) in [6, 6.07) is 0.832. The van der Waals surface area contributed by atoms with Gasteiger partial charge in [-0.1, -0.05) is 6.92 Å². The number of aromatic nitrogens is 2. The van der Waals surface area contributed by atoms with Crippen molar-refractivity contribution < 1.29 is 13.2 Å². The number of nitrogens with one attached hydrogen (secondary N) is 1. The summed E-state index contributed by atoms with van der Waals surface area (Å²) in [7, 11) is 0. The molecule has 0 atom stereocenters. The van der Waals surface area contributed by atoms with E-state index in [9.17, 15) is 13.2 Å². The van der Waals surface area contributed by atoms with Crippen molar-refractivity contribution in [3.8, 4) is 0 Å². The zero-order chi connectivity index (χ0) is 16.9. The molecule has 9 heteroatoms. The number of nitrogens with zero attached hydrogens (tertiary/aromatic N) is 4. The van der Waals surface area contributed by atoms with Crippen molar-refractivity contribution >= 4 is 11.9 Å². The van der Waals surface area contributed by atoms with Crippen molar-refractivity contribution in [2.24, 2.45) is 16.6 Å². The van der Waals surface area contributed by atoms with E-state index in [2.05, 4.69) is 27.2 Å². The number of hydrogen-bond acceptors (Lipinski definition) is 4. The maximum atomic E-state index is 12.5. The van der Waals surface area contributed by atoms with Gasteiger partial charge >= 0.3 is 6.18 Å². The molecule has 0 unspecified atom stereocenters. The predicted molar refractivity (Wildman–Crippen MR) is 82.0 cm³/mol. The van der Waals surface area contributed by atoms with Crippen LogP contribution in [0.25, 0.3) is 0 Å². The molecule has 0 saturated carbocycles. The van der Waals surface area contributed by atoms with Crippen LogP contribution in [0.15, 0.2) is 17.3 Å². The Morgan fingerprint density at radius 1 is 1.43 bits per heavy atom. The summed E-state index contributed by atoms with van der Waals surface area (Å²) >= 11 is 0. The smallest absolute Gasteiger partial charge is 0.370 e. The van der Waals surface area contributed by atoms with Crippen LogP contribution in [0.2, 0.25) is 0 Å². The van der Waals surface area contributed by atoms with Gasteiger partial charge in [0.25, 0.3) is 0 Å². The molecule has 1 aromatic rings. The normalized spacial score (nSPS) is 17.4. The number of nitrogens with two attached hydrogens (primary N) is 1. The molecule has 23 heavy (non-hydrogen) atoms. The first kappa shape index (κ1) is 17.3. The van der Waals surface area contributed by atoms with Crippen LogP contribution in [0, 0.1) is 5.92 Å². The van der Waals surface area contributed by atoms with Gasteiger partial charge in [0, 0.05) is 25.8 Å². The highest BCUT2D eigenvalue weighted by Crippen LogP contribution is 2.27. The molecule has 1 aliphatic heterocycles. The second kappa shape index (κ2) is 7.47. The summed E-state index contributed by atoms with van der Waals surface area (Å²) in [5, 5.41) is 2.72. The lowest BCUT2D eigenvalue weighted by Gasteiger charge is -2.31. The molecule has 6 nitrogen and oxygen atoms in total. The van der Waals surface area contributed by atoms with Crippen molar-refractivity contribution in [1.29, 1.82) is 0 Å². The van der Waals surface area contributed by atoms with Crippen LogP contribution in [-0.2, 0) is 6.18 Å². The lowest BCUT2D eigenvalue weighted by Crippen LogP contribution is -2.42. The monoisotopic (exact) mass is 330 g/mol. The van der Waals surface area contributed by atoms with Crippen LogP contribution in [0.3, 0.4) is 0 Å². The van der Waals surface area contributed by atoms with Crippen LogP contribution < -0.4 is 11.1 Å². The number of anilines is 1. The van der Waals surface area contributed by atoms with Gasteiger partial charge in [0.2, 0.25) is 5.95 Å². The molecule has 0 aromatic carbocycles. The topological polar surface area (TPSA) is 79.4 Å². The van der Waals surface area contributed by atoms with E-state index < -0.39 is 11.9 Å². The van der Waals surface area contributed by atoms with Crippen molar-refractivity contribution in [1.82, 2.24) is 14.9 Å². The molecule has 1 saturated heterocycles. The molecule has 0 aliphatic carbocycles. The van der Waals surface area contributed by atoms with Crippen LogP contribution >= 0.6 is 0 Å². The molecular weight excluding hydrogens is 309 g/mol. The predicted octanol–water partition coefficient (Wildman–Crippen LogP) is 1.95. The van der Waals surface area contributed by atoms with Gasteiger partial charge in [-0.05, 0) is 24.8 Å². The lowest BCUT2D eigenvalue weighted by atomic mass is 10.00. The van der Waals surface area contributed by atoms with Crippen LogP contribution in [-0.4, -0.2) is 47.0 Å². The molecule has 0 bridgehead atoms. The van der Waals surface area contributed by atoms with E-state index in [0.29, 0.717) is 25.0 Å². The Morgan fingerprint density at radius 3 is 2.78 bits per heavy atom. The van der Waals surface area contributed by atoms with Gasteiger partial charge in [0.05, 0.1) is 6.54 Å². The minimum Gasteiger partial charge on any atom is -0.370 e. The van der Waals surface area contributed by atoms with E-state index >= 15 is 0 Å². The van der Waals surface area contributed by atoms with Crippen molar-refractivity contribution in [2.45, 2.75) is 25.9 Å². The molecule has 1 fully saturated rings. The molecule has 2 rings (SSSR count). The molecular formula is C14H21F3N6. The van der Waals surface area contributed by atoms with Gasteiger partial charge in [-0.25, -0.2) is 9.97 Å². The average molecular weight is 330 g/mol. The molecule has 0 radical (unpaired) electrons. The van der Waals surface area contributed by atoms with E-state index in [0.717, 1.165) is 38.2 Å². The summed E-state index contributed by atoms with van der Waals surface area (Å²) in [5.41, 5.74) is 4.95. The largest absolute Gasteiger partial charge is 0.433 e. The average Bonchev–Trinajstić information content (AvgIpc) is 2.51. The first-order valence-corrected chi connectivity index (χ1v) is 7.55. The van der Waals surface area contributed by atoms with E-state index in [1.54, 1.807) is 0 Å². The molecule has 0 amide bonds. The summed E-state index contributed by atoms with van der Waals surface area (Å²) in [6.07, 6.45) is -1.23. The van der Waals surface area contributed by atoms with E-state index in [1.807, 2.05) is 4.90 Å². The number of aliphatic imine (C=N–C) groups is 1. The first-order chi connectivity index (χ1) is 10.9. The highest BCUT2D eigenvalue weighted by atomic mass is 19.4.